The van der Waals surface area contributed by atoms with Crippen LogP contribution in [0.3, 0.4) is 0 Å². The van der Waals surface area contributed by atoms with E-state index in [9.17, 15) is 9.59 Å². The topological polar surface area (TPSA) is 81.9 Å². The number of benzene rings is 1. The number of hydrogen-bond acceptors (Lipinski definition) is 5. The summed E-state index contributed by atoms with van der Waals surface area (Å²) < 4.78 is 10.4. The lowest BCUT2D eigenvalue weighted by Gasteiger charge is -2.26. The molecule has 0 spiro atoms. The number of nitrogens with zero attached hydrogens (tertiary/aromatic N) is 1. The molecule has 2 rings (SSSR count). The van der Waals surface area contributed by atoms with Gasteiger partial charge < -0.3 is 20.1 Å². The summed E-state index contributed by atoms with van der Waals surface area (Å²) in [6, 6.07) is 8.78. The largest absolute Gasteiger partial charge is 0.460 e. The molecule has 0 radical (unpaired) electrons. The van der Waals surface area contributed by atoms with E-state index >= 15 is 0 Å². The quantitative estimate of drug-likeness (QED) is 0.761. The van der Waals surface area contributed by atoms with Crippen molar-refractivity contribution >= 4 is 11.9 Å². The molecule has 6 heteroatoms. The standard InChI is InChI=1S/C17H24N2O4/c18-15(17(21)23-13-14-5-2-1-3-6-14)7-4-8-16(20)19-9-11-22-12-10-19/h1-3,5-6,15H,4,7-13,18H2/t15-/m1/s1. The van der Waals surface area contributed by atoms with Gasteiger partial charge in [0.2, 0.25) is 5.91 Å². The van der Waals surface area contributed by atoms with Crippen molar-refractivity contribution in [2.45, 2.75) is 31.9 Å². The summed E-state index contributed by atoms with van der Waals surface area (Å²) in [5, 5.41) is 0. The molecule has 1 atom stereocenters. The molecule has 1 aromatic carbocycles. The lowest BCUT2D eigenvalue weighted by atomic mass is 10.1. The Hall–Kier alpha value is -1.92. The van der Waals surface area contributed by atoms with Crippen molar-refractivity contribution in [1.82, 2.24) is 4.90 Å². The van der Waals surface area contributed by atoms with E-state index in [1.807, 2.05) is 30.3 Å². The maximum atomic E-state index is 12.0. The van der Waals surface area contributed by atoms with Gasteiger partial charge in [-0.3, -0.25) is 9.59 Å². The molecule has 1 heterocycles. The molecule has 1 saturated heterocycles. The van der Waals surface area contributed by atoms with Gasteiger partial charge in [0.15, 0.2) is 0 Å². The normalized spacial score (nSPS) is 16.0. The molecular formula is C17H24N2O4. The molecule has 1 aliphatic rings. The Labute approximate surface area is 136 Å². The molecule has 0 aromatic heterocycles. The zero-order valence-corrected chi connectivity index (χ0v) is 13.3. The molecule has 6 nitrogen and oxygen atoms in total. The maximum absolute atomic E-state index is 12.0. The third-order valence-corrected chi connectivity index (χ3v) is 3.80. The van der Waals surface area contributed by atoms with Crippen molar-refractivity contribution in [2.24, 2.45) is 5.73 Å². The predicted octanol–water partition coefficient (Wildman–Crippen LogP) is 1.09. The molecule has 1 fully saturated rings. The van der Waals surface area contributed by atoms with Crippen LogP contribution in [0.1, 0.15) is 24.8 Å². The highest BCUT2D eigenvalue weighted by Gasteiger charge is 2.19. The van der Waals surface area contributed by atoms with Crippen molar-refractivity contribution < 1.29 is 19.1 Å². The monoisotopic (exact) mass is 320 g/mol. The van der Waals surface area contributed by atoms with Gasteiger partial charge in [0.05, 0.1) is 13.2 Å². The molecule has 2 N–H and O–H groups in total. The first-order chi connectivity index (χ1) is 11.2. The number of nitrogens with two attached hydrogens (primary N) is 1. The molecule has 126 valence electrons. The van der Waals surface area contributed by atoms with Crippen LogP contribution in [0.5, 0.6) is 0 Å². The minimum absolute atomic E-state index is 0.0955. The summed E-state index contributed by atoms with van der Waals surface area (Å²) in [4.78, 5) is 25.6. The van der Waals surface area contributed by atoms with E-state index in [1.54, 1.807) is 4.90 Å². The molecule has 1 amide bonds. The van der Waals surface area contributed by atoms with Crippen LogP contribution in [0.4, 0.5) is 0 Å². The number of carbonyl (C=O) groups is 2. The highest BCUT2D eigenvalue weighted by molar-refractivity contribution is 5.77. The number of morpholine rings is 1. The van der Waals surface area contributed by atoms with Crippen LogP contribution in [0, 0.1) is 0 Å². The summed E-state index contributed by atoms with van der Waals surface area (Å²) in [6.45, 7) is 2.70. The van der Waals surface area contributed by atoms with E-state index in [2.05, 4.69) is 0 Å². The van der Waals surface area contributed by atoms with Gasteiger partial charge in [0, 0.05) is 19.5 Å². The number of hydrogen-bond donors (Lipinski definition) is 1. The van der Waals surface area contributed by atoms with E-state index in [1.165, 1.54) is 0 Å². The maximum Gasteiger partial charge on any atom is 0.323 e. The van der Waals surface area contributed by atoms with Crippen LogP contribution in [-0.2, 0) is 25.7 Å². The Balaban J connectivity index is 1.62. The Morgan fingerprint density at radius 2 is 1.91 bits per heavy atom. The van der Waals surface area contributed by atoms with Crippen molar-refractivity contribution in [3.63, 3.8) is 0 Å². The number of esters is 1. The Bertz CT molecular complexity index is 501. The van der Waals surface area contributed by atoms with Gasteiger partial charge >= 0.3 is 5.97 Å². The first-order valence-corrected chi connectivity index (χ1v) is 7.98. The van der Waals surface area contributed by atoms with Gasteiger partial charge in [-0.1, -0.05) is 30.3 Å². The zero-order valence-electron chi connectivity index (χ0n) is 13.3. The highest BCUT2D eigenvalue weighted by Crippen LogP contribution is 2.07. The van der Waals surface area contributed by atoms with Crippen LogP contribution in [0.2, 0.25) is 0 Å². The second-order valence-corrected chi connectivity index (χ2v) is 5.59. The van der Waals surface area contributed by atoms with Crippen LogP contribution in [0.15, 0.2) is 30.3 Å². The van der Waals surface area contributed by atoms with E-state index in [-0.39, 0.29) is 12.5 Å². The minimum Gasteiger partial charge on any atom is -0.460 e. The predicted molar refractivity (Wildman–Crippen MR) is 85.5 cm³/mol. The van der Waals surface area contributed by atoms with E-state index in [0.717, 1.165) is 5.56 Å². The molecule has 0 bridgehead atoms. The van der Waals surface area contributed by atoms with Crippen LogP contribution in [-0.4, -0.2) is 49.1 Å². The fourth-order valence-corrected chi connectivity index (χ4v) is 2.40. The second-order valence-electron chi connectivity index (χ2n) is 5.59. The third kappa shape index (κ3) is 6.00. The Morgan fingerprint density at radius 3 is 2.61 bits per heavy atom. The summed E-state index contributed by atoms with van der Waals surface area (Å²) in [7, 11) is 0. The molecular weight excluding hydrogens is 296 g/mol. The molecule has 0 unspecified atom stereocenters. The van der Waals surface area contributed by atoms with Crippen molar-refractivity contribution in [3.8, 4) is 0 Å². The fourth-order valence-electron chi connectivity index (χ4n) is 2.40. The van der Waals surface area contributed by atoms with Crippen molar-refractivity contribution in [1.29, 1.82) is 0 Å². The fraction of sp³-hybridized carbons (Fsp3) is 0.529. The molecule has 1 aromatic rings. The van der Waals surface area contributed by atoms with Gasteiger partial charge in [-0.15, -0.1) is 0 Å². The molecule has 0 saturated carbocycles. The van der Waals surface area contributed by atoms with E-state index in [0.29, 0.717) is 45.6 Å². The van der Waals surface area contributed by atoms with Crippen molar-refractivity contribution in [2.75, 3.05) is 26.3 Å². The van der Waals surface area contributed by atoms with E-state index < -0.39 is 12.0 Å². The summed E-state index contributed by atoms with van der Waals surface area (Å²) in [5.41, 5.74) is 6.75. The van der Waals surface area contributed by atoms with Gasteiger partial charge in [-0.2, -0.15) is 0 Å². The van der Waals surface area contributed by atoms with Gasteiger partial charge in [-0.25, -0.2) is 0 Å². The summed E-state index contributed by atoms with van der Waals surface area (Å²) in [5.74, 6) is -0.328. The smallest absolute Gasteiger partial charge is 0.323 e. The SMILES string of the molecule is N[C@H](CCCC(=O)N1CCOCC1)C(=O)OCc1ccccc1. The molecule has 23 heavy (non-hydrogen) atoms. The lowest BCUT2D eigenvalue weighted by molar-refractivity contribution is -0.147. The number of carbonyl (C=O) groups excluding carboxylic acids is 2. The van der Waals surface area contributed by atoms with Gasteiger partial charge in [-0.05, 0) is 18.4 Å². The molecule has 1 aliphatic heterocycles. The number of ether oxygens (including phenoxy) is 2. The Morgan fingerprint density at radius 1 is 1.22 bits per heavy atom. The highest BCUT2D eigenvalue weighted by atomic mass is 16.5. The number of amides is 1. The summed E-state index contributed by atoms with van der Waals surface area (Å²) >= 11 is 0. The first kappa shape index (κ1) is 17.4. The van der Waals surface area contributed by atoms with E-state index in [4.69, 9.17) is 15.2 Å². The lowest BCUT2D eigenvalue weighted by Crippen LogP contribution is -2.40. The first-order valence-electron chi connectivity index (χ1n) is 7.98. The van der Waals surface area contributed by atoms with Crippen molar-refractivity contribution in [3.05, 3.63) is 35.9 Å². The third-order valence-electron chi connectivity index (χ3n) is 3.80. The zero-order chi connectivity index (χ0) is 16.5. The number of rotatable bonds is 7. The van der Waals surface area contributed by atoms with Crippen LogP contribution in [0.25, 0.3) is 0 Å². The van der Waals surface area contributed by atoms with Crippen LogP contribution >= 0.6 is 0 Å². The average Bonchev–Trinajstić information content (AvgIpc) is 2.61. The molecule has 0 aliphatic carbocycles. The minimum atomic E-state index is -0.684. The van der Waals surface area contributed by atoms with Gasteiger partial charge in [0.25, 0.3) is 0 Å². The summed E-state index contributed by atoms with van der Waals surface area (Å²) in [6.07, 6.45) is 1.43. The average molecular weight is 320 g/mol. The van der Waals surface area contributed by atoms with Crippen LogP contribution < -0.4 is 5.73 Å². The Kier molecular flexibility index (Phi) is 7.03. The van der Waals surface area contributed by atoms with Gasteiger partial charge in [0.1, 0.15) is 12.6 Å². The second kappa shape index (κ2) is 9.27.